The first-order valence-electron chi connectivity index (χ1n) is 9.73. The first-order chi connectivity index (χ1) is 13.4. The zero-order chi connectivity index (χ0) is 19.9. The number of amides is 2. The van der Waals surface area contributed by atoms with E-state index in [4.69, 9.17) is 4.74 Å². The van der Waals surface area contributed by atoms with Crippen molar-refractivity contribution in [2.24, 2.45) is 0 Å². The van der Waals surface area contributed by atoms with Gasteiger partial charge in [-0.15, -0.1) is 0 Å². The maximum atomic E-state index is 13.3. The van der Waals surface area contributed by atoms with Crippen LogP contribution < -0.4 is 5.32 Å². The average Bonchev–Trinajstić information content (AvgIpc) is 3.45. The second-order valence-corrected chi connectivity index (χ2v) is 7.98. The van der Waals surface area contributed by atoms with E-state index in [9.17, 15) is 9.59 Å². The maximum Gasteiger partial charge on any atom is 0.252 e. The van der Waals surface area contributed by atoms with Gasteiger partial charge in [0.2, 0.25) is 5.91 Å². The topological polar surface area (TPSA) is 58.6 Å². The van der Waals surface area contributed by atoms with Crippen molar-refractivity contribution in [1.82, 2.24) is 10.2 Å². The van der Waals surface area contributed by atoms with Gasteiger partial charge < -0.3 is 15.0 Å². The highest BCUT2D eigenvalue weighted by Gasteiger charge is 2.49. The van der Waals surface area contributed by atoms with E-state index < -0.39 is 12.1 Å². The van der Waals surface area contributed by atoms with Gasteiger partial charge in [0.1, 0.15) is 6.61 Å². The van der Waals surface area contributed by atoms with Crippen LogP contribution in [0.15, 0.2) is 48.5 Å². The minimum Gasteiger partial charge on any atom is -0.356 e. The third-order valence-corrected chi connectivity index (χ3v) is 5.97. The van der Waals surface area contributed by atoms with Crippen LogP contribution >= 0.6 is 0 Å². The van der Waals surface area contributed by atoms with E-state index in [0.717, 1.165) is 29.5 Å². The maximum absolute atomic E-state index is 13.3. The van der Waals surface area contributed by atoms with Crippen LogP contribution in [0.2, 0.25) is 0 Å². The fourth-order valence-corrected chi connectivity index (χ4v) is 4.01. The van der Waals surface area contributed by atoms with Crippen molar-refractivity contribution < 1.29 is 14.3 Å². The number of morpholine rings is 1. The summed E-state index contributed by atoms with van der Waals surface area (Å²) < 4.78 is 5.77. The monoisotopic (exact) mass is 378 g/mol. The molecule has 0 bridgehead atoms. The number of hydrogen-bond donors (Lipinski definition) is 1. The molecule has 1 saturated heterocycles. The normalized spacial score (nSPS) is 23.4. The quantitative estimate of drug-likeness (QED) is 0.890. The number of hydrogen-bond acceptors (Lipinski definition) is 3. The van der Waals surface area contributed by atoms with Crippen LogP contribution in [0.1, 0.15) is 41.1 Å². The molecule has 1 aliphatic carbocycles. The van der Waals surface area contributed by atoms with Crippen LogP contribution in [0, 0.1) is 13.8 Å². The molecule has 28 heavy (non-hydrogen) atoms. The van der Waals surface area contributed by atoms with Gasteiger partial charge in [0, 0.05) is 7.05 Å². The molecule has 0 unspecified atom stereocenters. The summed E-state index contributed by atoms with van der Waals surface area (Å²) in [6.07, 6.45) is 1.10. The fourth-order valence-electron chi connectivity index (χ4n) is 4.01. The molecule has 1 heterocycles. The highest BCUT2D eigenvalue weighted by molar-refractivity contribution is 5.87. The van der Waals surface area contributed by atoms with Gasteiger partial charge in [-0.3, -0.25) is 9.59 Å². The zero-order valence-corrected chi connectivity index (χ0v) is 16.6. The Balaban J connectivity index is 1.61. The molecule has 5 nitrogen and oxygen atoms in total. The van der Waals surface area contributed by atoms with E-state index in [0.29, 0.717) is 0 Å². The number of carbonyl (C=O) groups is 2. The van der Waals surface area contributed by atoms with Crippen molar-refractivity contribution in [2.45, 2.75) is 44.4 Å². The molecule has 4 rings (SSSR count). The number of ether oxygens (including phenoxy) is 1. The molecule has 2 aromatic rings. The van der Waals surface area contributed by atoms with E-state index in [2.05, 4.69) is 36.5 Å². The van der Waals surface area contributed by atoms with Crippen LogP contribution in [0.25, 0.3) is 0 Å². The Labute approximate surface area is 165 Å². The standard InChI is InChI=1S/C23H26N2O3/c1-15-8-10-17(11-9-15)23(12-13-23)24-22(27)21-20(25(3)19(26)14-28-21)18-7-5-4-6-16(18)2/h4-11,20-21H,12-14H2,1-3H3,(H,24,27)/t20-,21+/m1/s1. The zero-order valence-electron chi connectivity index (χ0n) is 16.6. The van der Waals surface area contributed by atoms with Gasteiger partial charge in [-0.05, 0) is 43.4 Å². The lowest BCUT2D eigenvalue weighted by atomic mass is 9.93. The molecule has 1 aliphatic heterocycles. The highest BCUT2D eigenvalue weighted by atomic mass is 16.5. The van der Waals surface area contributed by atoms with E-state index in [1.54, 1.807) is 11.9 Å². The van der Waals surface area contributed by atoms with Gasteiger partial charge in [-0.2, -0.15) is 0 Å². The molecule has 1 N–H and O–H groups in total. The minimum absolute atomic E-state index is 0.0749. The number of likely N-dealkylation sites (N-methyl/N-ethyl adjacent to an activating group) is 1. The lowest BCUT2D eigenvalue weighted by Gasteiger charge is -2.39. The summed E-state index contributed by atoms with van der Waals surface area (Å²) in [5.74, 6) is -0.275. The Kier molecular flexibility index (Phi) is 4.71. The van der Waals surface area contributed by atoms with Gasteiger partial charge in [0.25, 0.3) is 5.91 Å². The smallest absolute Gasteiger partial charge is 0.252 e. The number of benzene rings is 2. The van der Waals surface area contributed by atoms with Crippen molar-refractivity contribution in [1.29, 1.82) is 0 Å². The Morgan fingerprint density at radius 3 is 2.43 bits per heavy atom. The van der Waals surface area contributed by atoms with Crippen molar-refractivity contribution in [2.75, 3.05) is 13.7 Å². The SMILES string of the molecule is Cc1ccc(C2(NC(=O)[C@H]3OCC(=O)N(C)[C@@H]3c3ccccc3C)CC2)cc1. The van der Waals surface area contributed by atoms with Crippen LogP contribution in [0.3, 0.4) is 0 Å². The van der Waals surface area contributed by atoms with E-state index in [-0.39, 0.29) is 24.0 Å². The van der Waals surface area contributed by atoms with E-state index in [1.165, 1.54) is 5.56 Å². The largest absolute Gasteiger partial charge is 0.356 e. The van der Waals surface area contributed by atoms with Crippen molar-refractivity contribution in [3.63, 3.8) is 0 Å². The van der Waals surface area contributed by atoms with Crippen LogP contribution in [-0.2, 0) is 19.9 Å². The van der Waals surface area contributed by atoms with Crippen LogP contribution in [-0.4, -0.2) is 36.5 Å². The molecule has 2 amide bonds. The lowest BCUT2D eigenvalue weighted by Crippen LogP contribution is -2.54. The van der Waals surface area contributed by atoms with Gasteiger partial charge in [-0.1, -0.05) is 54.1 Å². The second kappa shape index (κ2) is 7.06. The Morgan fingerprint density at radius 1 is 1.11 bits per heavy atom. The summed E-state index contributed by atoms with van der Waals surface area (Å²) >= 11 is 0. The summed E-state index contributed by atoms with van der Waals surface area (Å²) in [5.41, 5.74) is 3.98. The van der Waals surface area contributed by atoms with Crippen molar-refractivity contribution in [3.8, 4) is 0 Å². The number of aryl methyl sites for hydroxylation is 2. The van der Waals surface area contributed by atoms with E-state index in [1.807, 2.05) is 31.2 Å². The first-order valence-corrected chi connectivity index (χ1v) is 9.73. The molecule has 0 aromatic heterocycles. The van der Waals surface area contributed by atoms with Crippen molar-refractivity contribution >= 4 is 11.8 Å². The Bertz CT molecular complexity index is 902. The number of carbonyl (C=O) groups excluding carboxylic acids is 2. The summed E-state index contributed by atoms with van der Waals surface area (Å²) in [5, 5.41) is 3.23. The van der Waals surface area contributed by atoms with Crippen molar-refractivity contribution in [3.05, 3.63) is 70.8 Å². The molecule has 2 aliphatic rings. The number of nitrogens with zero attached hydrogens (tertiary/aromatic N) is 1. The molecule has 1 saturated carbocycles. The third-order valence-electron chi connectivity index (χ3n) is 5.97. The van der Waals surface area contributed by atoms with Crippen LogP contribution in [0.4, 0.5) is 0 Å². The van der Waals surface area contributed by atoms with Gasteiger partial charge in [0.05, 0.1) is 11.6 Å². The van der Waals surface area contributed by atoms with Gasteiger partial charge >= 0.3 is 0 Å². The minimum atomic E-state index is -0.730. The first kappa shape index (κ1) is 18.7. The number of nitrogens with one attached hydrogen (secondary N) is 1. The number of rotatable bonds is 4. The van der Waals surface area contributed by atoms with Crippen LogP contribution in [0.5, 0.6) is 0 Å². The molecule has 146 valence electrons. The summed E-state index contributed by atoms with van der Waals surface area (Å²) in [4.78, 5) is 27.2. The van der Waals surface area contributed by atoms with E-state index >= 15 is 0 Å². The highest BCUT2D eigenvalue weighted by Crippen LogP contribution is 2.46. The lowest BCUT2D eigenvalue weighted by molar-refractivity contribution is -0.162. The molecule has 2 aromatic carbocycles. The molecule has 0 radical (unpaired) electrons. The summed E-state index contributed by atoms with van der Waals surface area (Å²) in [6, 6.07) is 15.7. The fraction of sp³-hybridized carbons (Fsp3) is 0.391. The van der Waals surface area contributed by atoms with Gasteiger partial charge in [-0.25, -0.2) is 0 Å². The predicted molar refractivity (Wildman–Crippen MR) is 107 cm³/mol. The second-order valence-electron chi connectivity index (χ2n) is 7.98. The molecular weight excluding hydrogens is 352 g/mol. The Morgan fingerprint density at radius 2 is 1.79 bits per heavy atom. The molecule has 5 heteroatoms. The molecular formula is C23H26N2O3. The summed E-state index contributed by atoms with van der Waals surface area (Å²) in [6.45, 7) is 3.97. The Hall–Kier alpha value is -2.66. The van der Waals surface area contributed by atoms with Gasteiger partial charge in [0.15, 0.2) is 6.10 Å². The molecule has 0 spiro atoms. The predicted octanol–water partition coefficient (Wildman–Crippen LogP) is 3.01. The molecule has 2 atom stereocenters. The average molecular weight is 378 g/mol. The summed E-state index contributed by atoms with van der Waals surface area (Å²) in [7, 11) is 1.75. The third kappa shape index (κ3) is 3.31. The molecule has 2 fully saturated rings.